The average molecular weight is 300 g/mol. The fourth-order valence-electron chi connectivity index (χ4n) is 1.49. The highest BCUT2D eigenvalue weighted by atomic mass is 16.6. The summed E-state index contributed by atoms with van der Waals surface area (Å²) in [5.74, 6) is 17.6. The van der Waals surface area contributed by atoms with Crippen molar-refractivity contribution in [1.82, 2.24) is 0 Å². The zero-order valence-electron chi connectivity index (χ0n) is 11.6. The maximum Gasteiger partial charge on any atom is 0.338 e. The number of hydrogen-bond acceptors (Lipinski definition) is 6. The van der Waals surface area contributed by atoms with Gasteiger partial charge in [-0.25, -0.2) is 4.79 Å². The molecule has 1 fully saturated rings. The van der Waals surface area contributed by atoms with Crippen molar-refractivity contribution in [3.8, 4) is 47.4 Å². The molecule has 0 aliphatic carbocycles. The van der Waals surface area contributed by atoms with Crippen molar-refractivity contribution < 1.29 is 29.6 Å². The van der Waals surface area contributed by atoms with E-state index in [0.717, 1.165) is 0 Å². The Morgan fingerprint density at radius 1 is 1.18 bits per heavy atom. The number of Topliss-reactive ketones (excluding diaryl/α,β-unsaturated/α-hetero) is 1. The molecule has 0 spiro atoms. The minimum atomic E-state index is -1.77. The third-order valence-corrected chi connectivity index (χ3v) is 2.58. The zero-order chi connectivity index (χ0) is 16.5. The van der Waals surface area contributed by atoms with Crippen LogP contribution in [0.4, 0.5) is 0 Å². The van der Waals surface area contributed by atoms with Crippen LogP contribution in [-0.2, 0) is 14.3 Å². The second-order valence-electron chi connectivity index (χ2n) is 4.10. The van der Waals surface area contributed by atoms with Crippen LogP contribution in [0.25, 0.3) is 0 Å². The number of hydrogen-bond donors (Lipinski definition) is 3. The van der Waals surface area contributed by atoms with Gasteiger partial charge in [0.15, 0.2) is 24.1 Å². The van der Waals surface area contributed by atoms with E-state index >= 15 is 0 Å². The lowest BCUT2D eigenvalue weighted by atomic mass is 10.0. The molecular weight excluding hydrogens is 288 g/mol. The quantitative estimate of drug-likeness (QED) is 0.411. The van der Waals surface area contributed by atoms with E-state index in [2.05, 4.69) is 52.1 Å². The number of carbonyl (C=O) groups is 2. The van der Waals surface area contributed by atoms with Gasteiger partial charge in [0.05, 0.1) is 6.42 Å². The Kier molecular flexibility index (Phi) is 6.71. The van der Waals surface area contributed by atoms with E-state index < -0.39 is 36.2 Å². The maximum absolute atomic E-state index is 11.6. The molecule has 112 valence electrons. The van der Waals surface area contributed by atoms with E-state index in [1.54, 1.807) is 6.92 Å². The number of cyclic esters (lactones) is 1. The first kappa shape index (κ1) is 17.3. The van der Waals surface area contributed by atoms with Crippen LogP contribution in [0.15, 0.2) is 0 Å². The minimum Gasteiger partial charge on any atom is -0.454 e. The van der Waals surface area contributed by atoms with Gasteiger partial charge in [-0.05, 0) is 42.4 Å². The monoisotopic (exact) mass is 300 g/mol. The molecule has 0 aromatic carbocycles. The fraction of sp³-hybridized carbons (Fsp3) is 0.375. The van der Waals surface area contributed by atoms with Crippen molar-refractivity contribution >= 4 is 11.8 Å². The van der Waals surface area contributed by atoms with Gasteiger partial charge in [0.25, 0.3) is 0 Å². The molecule has 0 aromatic heterocycles. The molecule has 4 atom stereocenters. The molecule has 1 heterocycles. The standard InChI is InChI=1S/C16H12O6/c1-2-3-4-5-6-7-8-9-10-11(17)12(18)15-13(19)14(20)16(21)22-15/h12-15,18-20H,10H2,1H3/t12-,13+,14-,15+/m0/s1. The zero-order valence-corrected chi connectivity index (χ0v) is 11.6. The van der Waals surface area contributed by atoms with Crippen molar-refractivity contribution in [2.75, 3.05) is 0 Å². The first-order valence-electron chi connectivity index (χ1n) is 6.16. The predicted molar refractivity (Wildman–Crippen MR) is 74.3 cm³/mol. The van der Waals surface area contributed by atoms with Gasteiger partial charge in [-0.1, -0.05) is 11.8 Å². The van der Waals surface area contributed by atoms with Crippen LogP contribution >= 0.6 is 0 Å². The first-order chi connectivity index (χ1) is 10.5. The van der Waals surface area contributed by atoms with Crippen molar-refractivity contribution in [3.05, 3.63) is 0 Å². The summed E-state index contributed by atoms with van der Waals surface area (Å²) in [5, 5.41) is 28.3. The molecule has 0 bridgehead atoms. The molecule has 6 heteroatoms. The second kappa shape index (κ2) is 8.53. The Morgan fingerprint density at radius 3 is 2.32 bits per heavy atom. The number of ketones is 1. The number of ether oxygens (including phenoxy) is 1. The summed E-state index contributed by atoms with van der Waals surface area (Å²) in [6.45, 7) is 1.64. The van der Waals surface area contributed by atoms with Crippen LogP contribution in [0, 0.1) is 47.4 Å². The molecule has 1 saturated heterocycles. The van der Waals surface area contributed by atoms with Crippen LogP contribution < -0.4 is 0 Å². The van der Waals surface area contributed by atoms with Gasteiger partial charge in [0, 0.05) is 0 Å². The summed E-state index contributed by atoms with van der Waals surface area (Å²) in [7, 11) is 0. The lowest BCUT2D eigenvalue weighted by Gasteiger charge is -2.17. The SMILES string of the molecule is CC#CC#CC#CC#CCC(=O)[C@H](O)[C@H]1OC(=O)[C@@H](O)[C@H]1O. The van der Waals surface area contributed by atoms with Gasteiger partial charge in [0.1, 0.15) is 6.10 Å². The van der Waals surface area contributed by atoms with Crippen LogP contribution in [-0.4, -0.2) is 51.5 Å². The van der Waals surface area contributed by atoms with E-state index in [1.165, 1.54) is 0 Å². The average Bonchev–Trinajstić information content (AvgIpc) is 2.76. The number of aliphatic hydroxyl groups excluding tert-OH is 3. The van der Waals surface area contributed by atoms with Gasteiger partial charge >= 0.3 is 5.97 Å². The smallest absolute Gasteiger partial charge is 0.338 e. The van der Waals surface area contributed by atoms with Crippen LogP contribution in [0.5, 0.6) is 0 Å². The number of rotatable bonds is 3. The van der Waals surface area contributed by atoms with Crippen molar-refractivity contribution in [2.45, 2.75) is 37.8 Å². The van der Waals surface area contributed by atoms with Crippen molar-refractivity contribution in [2.24, 2.45) is 0 Å². The molecular formula is C16H12O6. The predicted octanol–water partition coefficient (Wildman–Crippen LogP) is -2.01. The molecule has 0 aromatic rings. The molecule has 0 unspecified atom stereocenters. The van der Waals surface area contributed by atoms with Gasteiger partial charge in [-0.2, -0.15) is 0 Å². The van der Waals surface area contributed by atoms with E-state index in [4.69, 9.17) is 0 Å². The van der Waals surface area contributed by atoms with Crippen LogP contribution in [0.2, 0.25) is 0 Å². The molecule has 6 nitrogen and oxygen atoms in total. The summed E-state index contributed by atoms with van der Waals surface area (Å²) in [6, 6.07) is 0. The highest BCUT2D eigenvalue weighted by molar-refractivity contribution is 5.87. The molecule has 1 aliphatic heterocycles. The molecule has 0 saturated carbocycles. The van der Waals surface area contributed by atoms with Gasteiger partial charge in [-0.15, -0.1) is 0 Å². The highest BCUT2D eigenvalue weighted by Crippen LogP contribution is 2.19. The van der Waals surface area contributed by atoms with E-state index in [-0.39, 0.29) is 6.42 Å². The Bertz CT molecular complexity index is 692. The topological polar surface area (TPSA) is 104 Å². The molecule has 3 N–H and O–H groups in total. The minimum absolute atomic E-state index is 0.352. The number of carbonyl (C=O) groups excluding carboxylic acids is 2. The summed E-state index contributed by atoms with van der Waals surface area (Å²) < 4.78 is 4.53. The van der Waals surface area contributed by atoms with Crippen molar-refractivity contribution in [1.29, 1.82) is 0 Å². The Labute approximate surface area is 127 Å². The van der Waals surface area contributed by atoms with Crippen LogP contribution in [0.3, 0.4) is 0 Å². The third kappa shape index (κ3) is 4.67. The van der Waals surface area contributed by atoms with Gasteiger partial charge in [-0.3, -0.25) is 4.79 Å². The Morgan fingerprint density at radius 2 is 1.77 bits per heavy atom. The summed E-state index contributed by atoms with van der Waals surface area (Å²) in [5.41, 5.74) is 0. The summed E-state index contributed by atoms with van der Waals surface area (Å²) in [4.78, 5) is 22.6. The molecule has 0 amide bonds. The highest BCUT2D eigenvalue weighted by Gasteiger charge is 2.47. The normalized spacial score (nSPS) is 23.1. The van der Waals surface area contributed by atoms with Crippen molar-refractivity contribution in [3.63, 3.8) is 0 Å². The number of esters is 1. The second-order valence-corrected chi connectivity index (χ2v) is 4.10. The maximum atomic E-state index is 11.6. The lowest BCUT2D eigenvalue weighted by Crippen LogP contribution is -2.42. The Balaban J connectivity index is 2.54. The van der Waals surface area contributed by atoms with Gasteiger partial charge in [0.2, 0.25) is 0 Å². The number of aliphatic hydroxyl groups is 3. The molecule has 0 radical (unpaired) electrons. The van der Waals surface area contributed by atoms with Gasteiger partial charge < -0.3 is 20.1 Å². The third-order valence-electron chi connectivity index (χ3n) is 2.58. The van der Waals surface area contributed by atoms with E-state index in [0.29, 0.717) is 0 Å². The van der Waals surface area contributed by atoms with E-state index in [1.807, 2.05) is 0 Å². The largest absolute Gasteiger partial charge is 0.454 e. The summed E-state index contributed by atoms with van der Waals surface area (Å²) >= 11 is 0. The Hall–Kier alpha value is -2.74. The molecule has 22 heavy (non-hydrogen) atoms. The molecule has 1 aliphatic rings. The lowest BCUT2D eigenvalue weighted by molar-refractivity contribution is -0.153. The van der Waals surface area contributed by atoms with Crippen LogP contribution in [0.1, 0.15) is 13.3 Å². The summed E-state index contributed by atoms with van der Waals surface area (Å²) in [6.07, 6.45) is -7.04. The first-order valence-corrected chi connectivity index (χ1v) is 6.16. The molecule has 1 rings (SSSR count). The fourth-order valence-corrected chi connectivity index (χ4v) is 1.49. The van der Waals surface area contributed by atoms with E-state index in [9.17, 15) is 24.9 Å².